The first-order valence-electron chi connectivity index (χ1n) is 7.33. The maximum absolute atomic E-state index is 12.4. The van der Waals surface area contributed by atoms with Crippen LogP contribution in [0.4, 0.5) is 5.82 Å². The number of nitrogens with one attached hydrogen (secondary N) is 2. The van der Waals surface area contributed by atoms with Crippen LogP contribution < -0.4 is 5.32 Å². The van der Waals surface area contributed by atoms with Crippen LogP contribution in [0.15, 0.2) is 36.4 Å². The van der Waals surface area contributed by atoms with Gasteiger partial charge in [0.05, 0.1) is 6.04 Å². The summed E-state index contributed by atoms with van der Waals surface area (Å²) < 4.78 is 0. The van der Waals surface area contributed by atoms with Gasteiger partial charge in [-0.1, -0.05) is 30.3 Å². The number of carbonyl (C=O) groups excluding carboxylic acids is 1. The number of likely N-dealkylation sites (tertiary alicyclic amines) is 1. The van der Waals surface area contributed by atoms with Gasteiger partial charge in [-0.25, -0.2) is 0 Å². The van der Waals surface area contributed by atoms with E-state index in [1.807, 2.05) is 31.2 Å². The van der Waals surface area contributed by atoms with Crippen LogP contribution in [0.2, 0.25) is 0 Å². The molecule has 1 aromatic carbocycles. The molecule has 0 radical (unpaired) electrons. The van der Waals surface area contributed by atoms with Gasteiger partial charge in [-0.05, 0) is 31.9 Å². The van der Waals surface area contributed by atoms with Gasteiger partial charge < -0.3 is 5.32 Å². The van der Waals surface area contributed by atoms with E-state index in [9.17, 15) is 4.79 Å². The van der Waals surface area contributed by atoms with Crippen molar-refractivity contribution >= 4 is 11.7 Å². The molecule has 5 nitrogen and oxygen atoms in total. The van der Waals surface area contributed by atoms with Gasteiger partial charge in [0.25, 0.3) is 0 Å². The maximum Gasteiger partial charge on any atom is 0.242 e. The predicted molar refractivity (Wildman–Crippen MR) is 81.8 cm³/mol. The molecule has 0 spiro atoms. The van der Waals surface area contributed by atoms with Gasteiger partial charge in [0.15, 0.2) is 5.82 Å². The molecule has 0 aliphatic carbocycles. The molecular formula is C16H20N4O. The summed E-state index contributed by atoms with van der Waals surface area (Å²) in [6.45, 7) is 3.70. The molecule has 0 saturated carbocycles. The summed E-state index contributed by atoms with van der Waals surface area (Å²) in [5, 5.41) is 9.80. The minimum absolute atomic E-state index is 0.0370. The third-order valence-electron chi connectivity index (χ3n) is 3.85. The van der Waals surface area contributed by atoms with Crippen LogP contribution in [0, 0.1) is 6.92 Å². The van der Waals surface area contributed by atoms with E-state index in [0.717, 1.165) is 31.6 Å². The van der Waals surface area contributed by atoms with Crippen molar-refractivity contribution in [2.75, 3.05) is 11.9 Å². The molecule has 2 heterocycles. The summed E-state index contributed by atoms with van der Waals surface area (Å²) in [5.74, 6) is 0.638. The highest BCUT2D eigenvalue weighted by atomic mass is 16.2. The molecule has 110 valence electrons. The maximum atomic E-state index is 12.4. The van der Waals surface area contributed by atoms with Crippen LogP contribution in [-0.2, 0) is 11.3 Å². The lowest BCUT2D eigenvalue weighted by atomic mass is 10.1. The lowest BCUT2D eigenvalue weighted by Crippen LogP contribution is -2.39. The molecule has 5 heteroatoms. The highest BCUT2D eigenvalue weighted by molar-refractivity contribution is 5.94. The number of hydrogen-bond acceptors (Lipinski definition) is 3. The van der Waals surface area contributed by atoms with Gasteiger partial charge in [0.1, 0.15) is 0 Å². The summed E-state index contributed by atoms with van der Waals surface area (Å²) in [6, 6.07) is 12.1. The van der Waals surface area contributed by atoms with Crippen molar-refractivity contribution in [1.82, 2.24) is 15.1 Å². The zero-order valence-electron chi connectivity index (χ0n) is 12.2. The van der Waals surface area contributed by atoms with Gasteiger partial charge in [-0.15, -0.1) is 0 Å². The van der Waals surface area contributed by atoms with Crippen molar-refractivity contribution in [2.45, 2.75) is 32.4 Å². The van der Waals surface area contributed by atoms with E-state index in [4.69, 9.17) is 0 Å². The van der Waals surface area contributed by atoms with Gasteiger partial charge in [0, 0.05) is 18.3 Å². The first kappa shape index (κ1) is 13.8. The summed E-state index contributed by atoms with van der Waals surface area (Å²) >= 11 is 0. The minimum Gasteiger partial charge on any atom is -0.308 e. The second-order valence-electron chi connectivity index (χ2n) is 5.54. The molecule has 21 heavy (non-hydrogen) atoms. The third-order valence-corrected chi connectivity index (χ3v) is 3.85. The molecule has 1 aromatic heterocycles. The van der Waals surface area contributed by atoms with E-state index in [0.29, 0.717) is 5.82 Å². The first-order chi connectivity index (χ1) is 10.2. The van der Waals surface area contributed by atoms with E-state index < -0.39 is 0 Å². The number of rotatable bonds is 4. The summed E-state index contributed by atoms with van der Waals surface area (Å²) in [7, 11) is 0. The van der Waals surface area contributed by atoms with Crippen LogP contribution in [0.3, 0.4) is 0 Å². The Hall–Kier alpha value is -2.14. The molecule has 1 atom stereocenters. The smallest absolute Gasteiger partial charge is 0.242 e. The fourth-order valence-corrected chi connectivity index (χ4v) is 2.82. The van der Waals surface area contributed by atoms with Gasteiger partial charge >= 0.3 is 0 Å². The predicted octanol–water partition coefficient (Wildman–Crippen LogP) is 2.32. The number of aromatic amines is 1. The zero-order chi connectivity index (χ0) is 14.7. The fraction of sp³-hybridized carbons (Fsp3) is 0.375. The number of anilines is 1. The molecule has 1 saturated heterocycles. The quantitative estimate of drug-likeness (QED) is 0.905. The van der Waals surface area contributed by atoms with Crippen molar-refractivity contribution in [2.24, 2.45) is 0 Å². The van der Waals surface area contributed by atoms with Crippen molar-refractivity contribution in [3.05, 3.63) is 47.7 Å². The Balaban J connectivity index is 1.64. The molecule has 0 bridgehead atoms. The average molecular weight is 284 g/mol. The number of amides is 1. The summed E-state index contributed by atoms with van der Waals surface area (Å²) in [4.78, 5) is 14.7. The second kappa shape index (κ2) is 6.10. The Morgan fingerprint density at radius 2 is 2.24 bits per heavy atom. The molecule has 1 amide bonds. The molecule has 1 unspecified atom stereocenters. The van der Waals surface area contributed by atoms with Crippen LogP contribution >= 0.6 is 0 Å². The molecule has 1 aliphatic heterocycles. The lowest BCUT2D eigenvalue weighted by molar-refractivity contribution is -0.120. The topological polar surface area (TPSA) is 61.0 Å². The van der Waals surface area contributed by atoms with Crippen molar-refractivity contribution in [3.63, 3.8) is 0 Å². The monoisotopic (exact) mass is 284 g/mol. The van der Waals surface area contributed by atoms with Crippen LogP contribution in [0.1, 0.15) is 24.1 Å². The minimum atomic E-state index is -0.0674. The highest BCUT2D eigenvalue weighted by Crippen LogP contribution is 2.21. The Morgan fingerprint density at radius 1 is 1.43 bits per heavy atom. The van der Waals surface area contributed by atoms with E-state index in [1.54, 1.807) is 0 Å². The Labute approximate surface area is 124 Å². The molecule has 3 rings (SSSR count). The Morgan fingerprint density at radius 3 is 2.95 bits per heavy atom. The van der Waals surface area contributed by atoms with Gasteiger partial charge in [-0.3, -0.25) is 14.8 Å². The van der Waals surface area contributed by atoms with Crippen molar-refractivity contribution in [1.29, 1.82) is 0 Å². The third kappa shape index (κ3) is 3.31. The molecule has 1 aliphatic rings. The first-order valence-corrected chi connectivity index (χ1v) is 7.33. The molecule has 2 N–H and O–H groups in total. The van der Waals surface area contributed by atoms with E-state index in [1.165, 1.54) is 5.56 Å². The molecular weight excluding hydrogens is 264 g/mol. The summed E-state index contributed by atoms with van der Waals surface area (Å²) in [5.41, 5.74) is 2.19. The van der Waals surface area contributed by atoms with Crippen LogP contribution in [-0.4, -0.2) is 33.6 Å². The molecule has 1 fully saturated rings. The van der Waals surface area contributed by atoms with Crippen LogP contribution in [0.25, 0.3) is 0 Å². The standard InChI is InChI=1S/C16H20N4O/c1-12-10-15(19-18-12)17-16(21)14-8-5-9-20(14)11-13-6-3-2-4-7-13/h2-4,6-7,10,14H,5,8-9,11H2,1H3,(H2,17,18,19,21). The summed E-state index contributed by atoms with van der Waals surface area (Å²) in [6.07, 6.45) is 1.96. The van der Waals surface area contributed by atoms with Crippen molar-refractivity contribution in [3.8, 4) is 0 Å². The number of carbonyl (C=O) groups is 1. The number of H-pyrrole nitrogens is 1. The lowest BCUT2D eigenvalue weighted by Gasteiger charge is -2.23. The van der Waals surface area contributed by atoms with Gasteiger partial charge in [0.2, 0.25) is 5.91 Å². The number of benzene rings is 1. The zero-order valence-corrected chi connectivity index (χ0v) is 12.2. The van der Waals surface area contributed by atoms with Crippen molar-refractivity contribution < 1.29 is 4.79 Å². The largest absolute Gasteiger partial charge is 0.308 e. The number of aromatic nitrogens is 2. The second-order valence-corrected chi connectivity index (χ2v) is 5.54. The van der Waals surface area contributed by atoms with E-state index in [-0.39, 0.29) is 11.9 Å². The normalized spacial score (nSPS) is 18.8. The van der Waals surface area contributed by atoms with Crippen LogP contribution in [0.5, 0.6) is 0 Å². The number of nitrogens with zero attached hydrogens (tertiary/aromatic N) is 2. The molecule has 2 aromatic rings. The fourth-order valence-electron chi connectivity index (χ4n) is 2.82. The van der Waals surface area contributed by atoms with Gasteiger partial charge in [-0.2, -0.15) is 5.10 Å². The average Bonchev–Trinajstić information content (AvgIpc) is 3.09. The van der Waals surface area contributed by atoms with E-state index in [2.05, 4.69) is 32.5 Å². The Kier molecular flexibility index (Phi) is 4.01. The SMILES string of the molecule is Cc1cc(NC(=O)C2CCCN2Cc2ccccc2)n[nH]1. The van der Waals surface area contributed by atoms with E-state index >= 15 is 0 Å². The Bertz CT molecular complexity index is 608. The number of aryl methyl sites for hydroxylation is 1. The number of hydrogen-bond donors (Lipinski definition) is 2. The highest BCUT2D eigenvalue weighted by Gasteiger charge is 2.30.